The second-order valence-electron chi connectivity index (χ2n) is 6.09. The Hall–Kier alpha value is -2.55. The van der Waals surface area contributed by atoms with E-state index >= 15 is 0 Å². The quantitative estimate of drug-likeness (QED) is 0.494. The van der Waals surface area contributed by atoms with Gasteiger partial charge in [-0.3, -0.25) is 4.57 Å². The van der Waals surface area contributed by atoms with Crippen LogP contribution >= 0.6 is 7.60 Å². The van der Waals surface area contributed by atoms with Crippen molar-refractivity contribution in [2.75, 3.05) is 25.6 Å². The average molecular weight is 423 g/mol. The molecule has 0 aliphatic heterocycles. The third kappa shape index (κ3) is 5.09. The van der Waals surface area contributed by atoms with Crippen LogP contribution in [0.4, 0.5) is 10.2 Å². The molecule has 1 aromatic carbocycles. The maximum atomic E-state index is 14.4. The maximum absolute atomic E-state index is 14.4. The van der Waals surface area contributed by atoms with Gasteiger partial charge in [-0.25, -0.2) is 19.3 Å². The lowest BCUT2D eigenvalue weighted by molar-refractivity contribution is 0.219. The van der Waals surface area contributed by atoms with E-state index in [0.717, 1.165) is 0 Å². The van der Waals surface area contributed by atoms with Crippen LogP contribution in [-0.4, -0.2) is 39.3 Å². The largest absolute Gasteiger partial charge is 0.489 e. The van der Waals surface area contributed by atoms with Crippen LogP contribution in [0.15, 0.2) is 30.9 Å². The Morgan fingerprint density at radius 3 is 2.62 bits per heavy atom. The van der Waals surface area contributed by atoms with Gasteiger partial charge in [-0.1, -0.05) is 6.07 Å². The van der Waals surface area contributed by atoms with Crippen LogP contribution < -0.4 is 10.5 Å². The summed E-state index contributed by atoms with van der Waals surface area (Å²) in [4.78, 5) is 12.2. The van der Waals surface area contributed by atoms with E-state index in [1.807, 2.05) is 0 Å². The number of benzene rings is 1. The SMILES string of the molecule is CCOP(=O)(Cc1ccc(OCCn2cnc3c(N)ncnc32)c(F)c1)OCC. The highest BCUT2D eigenvalue weighted by atomic mass is 31.2. The van der Waals surface area contributed by atoms with Gasteiger partial charge in [0.1, 0.15) is 18.5 Å². The van der Waals surface area contributed by atoms with E-state index in [-0.39, 0.29) is 31.7 Å². The van der Waals surface area contributed by atoms with E-state index in [1.165, 1.54) is 18.5 Å². The lowest BCUT2D eigenvalue weighted by atomic mass is 10.2. The smallest absolute Gasteiger partial charge is 0.335 e. The van der Waals surface area contributed by atoms with E-state index in [0.29, 0.717) is 29.1 Å². The monoisotopic (exact) mass is 423 g/mol. The molecule has 3 rings (SSSR count). The standard InChI is InChI=1S/C18H23FN5O4P/c1-3-27-29(25,28-4-2)10-13-5-6-15(14(19)9-13)26-8-7-24-12-23-16-17(20)21-11-22-18(16)24/h5-6,9,11-12H,3-4,7-8,10H2,1-2H3,(H2,20,21,22). The highest BCUT2D eigenvalue weighted by Gasteiger charge is 2.24. The molecule has 29 heavy (non-hydrogen) atoms. The van der Waals surface area contributed by atoms with Gasteiger partial charge in [-0.05, 0) is 31.5 Å². The minimum Gasteiger partial charge on any atom is -0.489 e. The summed E-state index contributed by atoms with van der Waals surface area (Å²) >= 11 is 0. The zero-order valence-electron chi connectivity index (χ0n) is 16.2. The number of ether oxygens (including phenoxy) is 1. The highest BCUT2D eigenvalue weighted by Crippen LogP contribution is 2.51. The minimum atomic E-state index is -3.30. The number of hydrogen-bond acceptors (Lipinski definition) is 8. The van der Waals surface area contributed by atoms with Crippen LogP contribution in [0.2, 0.25) is 0 Å². The highest BCUT2D eigenvalue weighted by molar-refractivity contribution is 7.53. The maximum Gasteiger partial charge on any atom is 0.335 e. The average Bonchev–Trinajstić information content (AvgIpc) is 3.08. The van der Waals surface area contributed by atoms with Crippen LogP contribution in [-0.2, 0) is 26.3 Å². The molecule has 0 bridgehead atoms. The van der Waals surface area contributed by atoms with Crippen molar-refractivity contribution in [3.63, 3.8) is 0 Å². The first-order valence-electron chi connectivity index (χ1n) is 9.16. The summed E-state index contributed by atoms with van der Waals surface area (Å²) in [5.74, 6) is -0.160. The summed E-state index contributed by atoms with van der Waals surface area (Å²) < 4.78 is 44.8. The van der Waals surface area contributed by atoms with Gasteiger partial charge in [0.15, 0.2) is 23.0 Å². The van der Waals surface area contributed by atoms with Gasteiger partial charge in [0.25, 0.3) is 0 Å². The molecule has 2 heterocycles. The summed E-state index contributed by atoms with van der Waals surface area (Å²) in [6.45, 7) is 4.56. The van der Waals surface area contributed by atoms with Crippen LogP contribution in [0.3, 0.4) is 0 Å². The zero-order valence-corrected chi connectivity index (χ0v) is 17.1. The van der Waals surface area contributed by atoms with E-state index in [9.17, 15) is 8.96 Å². The summed E-state index contributed by atoms with van der Waals surface area (Å²) in [5, 5.41) is 0. The second kappa shape index (κ2) is 9.30. The van der Waals surface area contributed by atoms with Crippen molar-refractivity contribution < 1.29 is 22.7 Å². The number of nitrogen functional groups attached to an aromatic ring is 1. The van der Waals surface area contributed by atoms with E-state index in [1.54, 1.807) is 30.8 Å². The lowest BCUT2D eigenvalue weighted by Crippen LogP contribution is -2.09. The van der Waals surface area contributed by atoms with Crippen molar-refractivity contribution in [3.8, 4) is 5.75 Å². The zero-order chi connectivity index (χ0) is 20.9. The summed E-state index contributed by atoms with van der Waals surface area (Å²) in [6, 6.07) is 4.42. The van der Waals surface area contributed by atoms with Crippen molar-refractivity contribution in [1.82, 2.24) is 19.5 Å². The first-order chi connectivity index (χ1) is 14.0. The fraction of sp³-hybridized carbons (Fsp3) is 0.389. The second-order valence-corrected chi connectivity index (χ2v) is 8.14. The minimum absolute atomic E-state index is 0.00592. The molecule has 0 amide bonds. The molecule has 2 N–H and O–H groups in total. The Kier molecular flexibility index (Phi) is 6.79. The van der Waals surface area contributed by atoms with Gasteiger partial charge in [0, 0.05) is 0 Å². The Morgan fingerprint density at radius 2 is 1.93 bits per heavy atom. The molecule has 0 saturated heterocycles. The molecule has 2 aromatic heterocycles. The Labute approximate surface area is 167 Å². The molecule has 0 unspecified atom stereocenters. The Morgan fingerprint density at radius 1 is 1.17 bits per heavy atom. The number of fused-ring (bicyclic) bond motifs is 1. The third-order valence-electron chi connectivity index (χ3n) is 4.04. The molecule has 0 radical (unpaired) electrons. The predicted octanol–water partition coefficient (Wildman–Crippen LogP) is 3.39. The number of rotatable bonds is 10. The number of halogens is 1. The Bertz CT molecular complexity index is 1020. The predicted molar refractivity (Wildman–Crippen MR) is 106 cm³/mol. The molecule has 0 fully saturated rings. The van der Waals surface area contributed by atoms with Crippen molar-refractivity contribution in [1.29, 1.82) is 0 Å². The molecule has 11 heteroatoms. The van der Waals surface area contributed by atoms with Crippen molar-refractivity contribution in [2.45, 2.75) is 26.6 Å². The van der Waals surface area contributed by atoms with Crippen LogP contribution in [0.1, 0.15) is 19.4 Å². The molecule has 0 saturated carbocycles. The molecule has 0 atom stereocenters. The van der Waals surface area contributed by atoms with Gasteiger partial charge in [0.2, 0.25) is 0 Å². The first-order valence-corrected chi connectivity index (χ1v) is 10.9. The molecule has 9 nitrogen and oxygen atoms in total. The third-order valence-corrected chi connectivity index (χ3v) is 6.10. The molecule has 156 valence electrons. The molecule has 0 aliphatic carbocycles. The van der Waals surface area contributed by atoms with Crippen molar-refractivity contribution in [2.24, 2.45) is 0 Å². The number of imidazole rings is 1. The van der Waals surface area contributed by atoms with Crippen LogP contribution in [0.5, 0.6) is 5.75 Å². The summed E-state index contributed by atoms with van der Waals surface area (Å²) in [6.07, 6.45) is 2.93. The lowest BCUT2D eigenvalue weighted by Gasteiger charge is -2.17. The Balaban J connectivity index is 1.63. The fourth-order valence-electron chi connectivity index (χ4n) is 2.82. The van der Waals surface area contributed by atoms with Gasteiger partial charge in [-0.2, -0.15) is 0 Å². The first kappa shape index (κ1) is 21.2. The number of nitrogens with zero attached hydrogens (tertiary/aromatic N) is 4. The van der Waals surface area contributed by atoms with Crippen LogP contribution in [0.25, 0.3) is 11.2 Å². The number of nitrogens with two attached hydrogens (primary N) is 1. The van der Waals surface area contributed by atoms with Gasteiger partial charge >= 0.3 is 7.60 Å². The topological polar surface area (TPSA) is 114 Å². The molecule has 0 spiro atoms. The molecular formula is C18H23FN5O4P. The summed E-state index contributed by atoms with van der Waals surface area (Å²) in [5.41, 5.74) is 7.36. The van der Waals surface area contributed by atoms with Crippen LogP contribution in [0, 0.1) is 5.82 Å². The van der Waals surface area contributed by atoms with E-state index in [2.05, 4.69) is 15.0 Å². The van der Waals surface area contributed by atoms with Gasteiger partial charge in [0.05, 0.1) is 32.2 Å². The fourth-order valence-corrected chi connectivity index (χ4v) is 4.51. The summed E-state index contributed by atoms with van der Waals surface area (Å²) in [7, 11) is -3.30. The normalized spacial score (nSPS) is 11.8. The van der Waals surface area contributed by atoms with Gasteiger partial charge in [-0.15, -0.1) is 0 Å². The van der Waals surface area contributed by atoms with E-state index in [4.69, 9.17) is 19.5 Å². The molecule has 0 aliphatic rings. The van der Waals surface area contributed by atoms with Gasteiger partial charge < -0.3 is 24.1 Å². The molecular weight excluding hydrogens is 400 g/mol. The number of aromatic nitrogens is 4. The van der Waals surface area contributed by atoms with Crippen molar-refractivity contribution >= 4 is 24.6 Å². The number of hydrogen-bond donors (Lipinski definition) is 1. The molecule has 3 aromatic rings. The van der Waals surface area contributed by atoms with Crippen molar-refractivity contribution in [3.05, 3.63) is 42.2 Å². The number of anilines is 1. The van der Waals surface area contributed by atoms with E-state index < -0.39 is 13.4 Å².